The van der Waals surface area contributed by atoms with Crippen molar-refractivity contribution >= 4 is 29.2 Å². The third kappa shape index (κ3) is 6.14. The van der Waals surface area contributed by atoms with Crippen LogP contribution in [0.2, 0.25) is 0 Å². The van der Waals surface area contributed by atoms with E-state index >= 15 is 0 Å². The number of rotatable bonds is 10. The van der Waals surface area contributed by atoms with Gasteiger partial charge in [-0.3, -0.25) is 9.59 Å². The Balaban J connectivity index is 1.48. The highest BCUT2D eigenvalue weighted by Gasteiger charge is 2.22. The van der Waals surface area contributed by atoms with E-state index in [0.29, 0.717) is 24.6 Å². The van der Waals surface area contributed by atoms with Gasteiger partial charge in [-0.05, 0) is 40.8 Å². The molecule has 0 spiro atoms. The number of carbonyl (C=O) groups is 2. The van der Waals surface area contributed by atoms with E-state index in [1.165, 1.54) is 11.0 Å². The highest BCUT2D eigenvalue weighted by Crippen LogP contribution is 2.33. The number of thiophene rings is 1. The standard InChI is InChI=1S/C27H26N2O4S/c1-2-14-28(26(30)13-11-21-7-4-3-5-8-21)19-27(31)29(18-23-9-6-15-34-23)17-22-10-12-24-25(16-22)33-20-32-24/h2-13,15-16H,1,14,17-20H2. The molecule has 0 radical (unpaired) electrons. The van der Waals surface area contributed by atoms with Crippen LogP contribution < -0.4 is 9.47 Å². The Morgan fingerprint density at radius 1 is 0.971 bits per heavy atom. The molecule has 0 bridgehead atoms. The first-order chi connectivity index (χ1) is 16.6. The highest BCUT2D eigenvalue weighted by atomic mass is 32.1. The van der Waals surface area contributed by atoms with Gasteiger partial charge in [0.2, 0.25) is 18.6 Å². The topological polar surface area (TPSA) is 59.1 Å². The van der Waals surface area contributed by atoms with E-state index in [1.54, 1.807) is 28.4 Å². The Bertz CT molecular complexity index is 1160. The van der Waals surface area contributed by atoms with E-state index in [0.717, 1.165) is 16.0 Å². The van der Waals surface area contributed by atoms with Crippen LogP contribution in [0.5, 0.6) is 11.5 Å². The molecule has 174 valence electrons. The molecule has 0 unspecified atom stereocenters. The van der Waals surface area contributed by atoms with Crippen molar-refractivity contribution in [3.8, 4) is 11.5 Å². The molecule has 0 atom stereocenters. The summed E-state index contributed by atoms with van der Waals surface area (Å²) in [6, 6.07) is 19.2. The molecular formula is C27H26N2O4S. The number of amides is 2. The van der Waals surface area contributed by atoms with E-state index in [9.17, 15) is 9.59 Å². The first kappa shape index (κ1) is 23.3. The maximum absolute atomic E-state index is 13.4. The van der Waals surface area contributed by atoms with Crippen molar-refractivity contribution in [2.45, 2.75) is 13.1 Å². The zero-order valence-corrected chi connectivity index (χ0v) is 19.6. The summed E-state index contributed by atoms with van der Waals surface area (Å²) in [5.41, 5.74) is 1.85. The second kappa shape index (κ2) is 11.3. The normalized spacial score (nSPS) is 12.0. The van der Waals surface area contributed by atoms with E-state index in [1.807, 2.05) is 66.0 Å². The van der Waals surface area contributed by atoms with Gasteiger partial charge < -0.3 is 19.3 Å². The van der Waals surface area contributed by atoms with Gasteiger partial charge in [0.05, 0.1) is 6.54 Å². The van der Waals surface area contributed by atoms with Crippen molar-refractivity contribution in [3.05, 3.63) is 101 Å². The number of hydrogen-bond acceptors (Lipinski definition) is 5. The number of hydrogen-bond donors (Lipinski definition) is 0. The van der Waals surface area contributed by atoms with E-state index in [2.05, 4.69) is 6.58 Å². The van der Waals surface area contributed by atoms with Crippen molar-refractivity contribution in [3.63, 3.8) is 0 Å². The summed E-state index contributed by atoms with van der Waals surface area (Å²) in [6.07, 6.45) is 4.87. The number of benzene rings is 2. The Hall–Kier alpha value is -3.84. The SMILES string of the molecule is C=CCN(CC(=O)N(Cc1ccc2c(c1)OCO2)Cc1cccs1)C(=O)C=Cc1ccccc1. The average molecular weight is 475 g/mol. The average Bonchev–Trinajstić information content (AvgIpc) is 3.54. The minimum atomic E-state index is -0.240. The molecule has 2 aromatic carbocycles. The van der Waals surface area contributed by atoms with Gasteiger partial charge in [-0.2, -0.15) is 0 Å². The van der Waals surface area contributed by atoms with Gasteiger partial charge in [-0.15, -0.1) is 17.9 Å². The molecule has 3 aromatic rings. The molecule has 1 aliphatic rings. The van der Waals surface area contributed by atoms with Crippen LogP contribution in [0.15, 0.2) is 84.8 Å². The van der Waals surface area contributed by atoms with Crippen LogP contribution in [0.1, 0.15) is 16.0 Å². The highest BCUT2D eigenvalue weighted by molar-refractivity contribution is 7.09. The van der Waals surface area contributed by atoms with Crippen LogP contribution in [0.3, 0.4) is 0 Å². The molecule has 2 heterocycles. The number of fused-ring (bicyclic) bond motifs is 1. The van der Waals surface area contributed by atoms with E-state index < -0.39 is 0 Å². The summed E-state index contributed by atoms with van der Waals surface area (Å²) in [7, 11) is 0. The Morgan fingerprint density at radius 3 is 2.56 bits per heavy atom. The summed E-state index contributed by atoms with van der Waals surface area (Å²) in [4.78, 5) is 30.6. The second-order valence-electron chi connectivity index (χ2n) is 7.77. The van der Waals surface area contributed by atoms with Crippen LogP contribution in [-0.4, -0.2) is 41.5 Å². The van der Waals surface area contributed by atoms with Crippen molar-refractivity contribution < 1.29 is 19.1 Å². The van der Waals surface area contributed by atoms with Gasteiger partial charge in [0.25, 0.3) is 0 Å². The lowest BCUT2D eigenvalue weighted by Crippen LogP contribution is -2.42. The molecule has 34 heavy (non-hydrogen) atoms. The molecule has 7 heteroatoms. The fourth-order valence-corrected chi connectivity index (χ4v) is 4.29. The van der Waals surface area contributed by atoms with Crippen LogP contribution in [0, 0.1) is 0 Å². The van der Waals surface area contributed by atoms with Gasteiger partial charge >= 0.3 is 0 Å². The van der Waals surface area contributed by atoms with Crippen LogP contribution >= 0.6 is 11.3 Å². The van der Waals surface area contributed by atoms with Crippen molar-refractivity contribution in [1.82, 2.24) is 9.80 Å². The minimum Gasteiger partial charge on any atom is -0.454 e. The molecule has 1 aliphatic heterocycles. The predicted molar refractivity (Wildman–Crippen MR) is 133 cm³/mol. The van der Waals surface area contributed by atoms with Crippen molar-refractivity contribution in [2.75, 3.05) is 19.9 Å². The van der Waals surface area contributed by atoms with Gasteiger partial charge in [0, 0.05) is 24.0 Å². The smallest absolute Gasteiger partial charge is 0.247 e. The molecular weight excluding hydrogens is 448 g/mol. The largest absolute Gasteiger partial charge is 0.454 e. The summed E-state index contributed by atoms with van der Waals surface area (Å²) in [5.74, 6) is 0.994. The molecule has 0 N–H and O–H groups in total. The number of nitrogens with zero attached hydrogens (tertiary/aromatic N) is 2. The van der Waals surface area contributed by atoms with Crippen LogP contribution in [0.25, 0.3) is 6.08 Å². The first-order valence-electron chi connectivity index (χ1n) is 10.9. The minimum absolute atomic E-state index is 0.0418. The Morgan fingerprint density at radius 2 is 1.79 bits per heavy atom. The molecule has 6 nitrogen and oxygen atoms in total. The Labute approximate surface area is 203 Å². The maximum Gasteiger partial charge on any atom is 0.247 e. The fraction of sp³-hybridized carbons (Fsp3) is 0.185. The molecule has 1 aromatic heterocycles. The molecule has 2 amide bonds. The maximum atomic E-state index is 13.4. The molecule has 0 aliphatic carbocycles. The molecule has 0 fully saturated rings. The second-order valence-corrected chi connectivity index (χ2v) is 8.80. The third-order valence-electron chi connectivity index (χ3n) is 5.30. The predicted octanol–water partition coefficient (Wildman–Crippen LogP) is 4.73. The van der Waals surface area contributed by atoms with Crippen molar-refractivity contribution in [1.29, 1.82) is 0 Å². The van der Waals surface area contributed by atoms with Crippen molar-refractivity contribution in [2.24, 2.45) is 0 Å². The van der Waals surface area contributed by atoms with Gasteiger partial charge in [-0.25, -0.2) is 0 Å². The number of carbonyl (C=O) groups excluding carboxylic acids is 2. The van der Waals surface area contributed by atoms with Crippen LogP contribution in [-0.2, 0) is 22.7 Å². The van der Waals surface area contributed by atoms with Crippen LogP contribution in [0.4, 0.5) is 0 Å². The molecule has 4 rings (SSSR count). The molecule has 0 saturated carbocycles. The van der Waals surface area contributed by atoms with Gasteiger partial charge in [0.1, 0.15) is 6.54 Å². The van der Waals surface area contributed by atoms with E-state index in [-0.39, 0.29) is 31.7 Å². The molecule has 0 saturated heterocycles. The zero-order valence-electron chi connectivity index (χ0n) is 18.8. The quantitative estimate of drug-likeness (QED) is 0.315. The number of ether oxygens (including phenoxy) is 2. The zero-order chi connectivity index (χ0) is 23.8. The van der Waals surface area contributed by atoms with Gasteiger partial charge in [0.15, 0.2) is 11.5 Å². The monoisotopic (exact) mass is 474 g/mol. The Kier molecular flexibility index (Phi) is 7.78. The van der Waals surface area contributed by atoms with E-state index in [4.69, 9.17) is 9.47 Å². The fourth-order valence-electron chi connectivity index (χ4n) is 3.57. The summed E-state index contributed by atoms with van der Waals surface area (Å²) in [6.45, 7) is 5.04. The first-order valence-corrected chi connectivity index (χ1v) is 11.8. The summed E-state index contributed by atoms with van der Waals surface area (Å²) < 4.78 is 10.9. The lowest BCUT2D eigenvalue weighted by Gasteiger charge is -2.26. The lowest BCUT2D eigenvalue weighted by atomic mass is 10.2. The van der Waals surface area contributed by atoms with Gasteiger partial charge in [-0.1, -0.05) is 48.5 Å². The lowest BCUT2D eigenvalue weighted by molar-refractivity contribution is -0.138. The summed E-state index contributed by atoms with van der Waals surface area (Å²) in [5, 5.41) is 1.99. The summed E-state index contributed by atoms with van der Waals surface area (Å²) >= 11 is 1.59. The third-order valence-corrected chi connectivity index (χ3v) is 6.16.